The van der Waals surface area contributed by atoms with E-state index in [9.17, 15) is 0 Å². The standard InChI is InChI=1S/C51H38N2/c1-51(2)45-33-39(52(37-21-5-3-6-22-37)47-29-15-19-35-17-9-11-25-40(35)47)31-32-44(45)50-43-28-14-13-27-42(43)49(34-46(50)51)53(38-23-7-4-8-24-38)48-30-16-20-36-18-10-12-26-41(36)48/h3-34H,1-2H3. The van der Waals surface area contributed by atoms with Gasteiger partial charge in [0.15, 0.2) is 0 Å². The molecule has 0 saturated carbocycles. The van der Waals surface area contributed by atoms with Crippen LogP contribution in [0.5, 0.6) is 0 Å². The molecule has 0 fully saturated rings. The Balaban J connectivity index is 1.20. The lowest BCUT2D eigenvalue weighted by Gasteiger charge is -2.31. The Labute approximate surface area is 310 Å². The van der Waals surface area contributed by atoms with Gasteiger partial charge < -0.3 is 9.80 Å². The maximum Gasteiger partial charge on any atom is 0.0543 e. The van der Waals surface area contributed by atoms with Crippen molar-refractivity contribution in [2.45, 2.75) is 19.3 Å². The third-order valence-electron chi connectivity index (χ3n) is 11.2. The van der Waals surface area contributed by atoms with Gasteiger partial charge in [-0.25, -0.2) is 0 Å². The smallest absolute Gasteiger partial charge is 0.0543 e. The summed E-state index contributed by atoms with van der Waals surface area (Å²) < 4.78 is 0. The zero-order valence-electron chi connectivity index (χ0n) is 29.9. The van der Waals surface area contributed by atoms with E-state index in [1.54, 1.807) is 0 Å². The van der Waals surface area contributed by atoms with E-state index >= 15 is 0 Å². The molecule has 1 aliphatic rings. The summed E-state index contributed by atoms with van der Waals surface area (Å²) in [6, 6.07) is 70.8. The second kappa shape index (κ2) is 12.3. The minimum absolute atomic E-state index is 0.262. The molecule has 2 heteroatoms. The predicted octanol–water partition coefficient (Wildman–Crippen LogP) is 14.4. The van der Waals surface area contributed by atoms with E-state index in [4.69, 9.17) is 0 Å². The minimum atomic E-state index is -0.262. The van der Waals surface area contributed by atoms with Crippen LogP contribution in [0.4, 0.5) is 34.1 Å². The maximum atomic E-state index is 2.48. The fourth-order valence-electron chi connectivity index (χ4n) is 8.67. The highest BCUT2D eigenvalue weighted by Gasteiger charge is 2.38. The van der Waals surface area contributed by atoms with Crippen LogP contribution < -0.4 is 9.80 Å². The lowest BCUT2D eigenvalue weighted by atomic mass is 9.81. The highest BCUT2D eigenvalue weighted by Crippen LogP contribution is 2.56. The van der Waals surface area contributed by atoms with Gasteiger partial charge in [-0.05, 0) is 93.0 Å². The molecule has 0 spiro atoms. The van der Waals surface area contributed by atoms with E-state index in [-0.39, 0.29) is 5.41 Å². The second-order valence-electron chi connectivity index (χ2n) is 14.6. The number of rotatable bonds is 6. The molecule has 0 saturated heterocycles. The highest BCUT2D eigenvalue weighted by atomic mass is 15.2. The first-order chi connectivity index (χ1) is 26.1. The molecule has 9 aromatic carbocycles. The van der Waals surface area contributed by atoms with Gasteiger partial charge in [-0.15, -0.1) is 0 Å². The molecule has 53 heavy (non-hydrogen) atoms. The summed E-state index contributed by atoms with van der Waals surface area (Å²) in [6.07, 6.45) is 0. The van der Waals surface area contributed by atoms with E-state index in [1.807, 2.05) is 0 Å². The molecule has 0 N–H and O–H groups in total. The van der Waals surface area contributed by atoms with Crippen molar-refractivity contribution in [2.24, 2.45) is 0 Å². The summed E-state index contributed by atoms with van der Waals surface area (Å²) >= 11 is 0. The Hall–Kier alpha value is -6.64. The van der Waals surface area contributed by atoms with Crippen LogP contribution in [0, 0.1) is 0 Å². The summed E-state index contributed by atoms with van der Waals surface area (Å²) in [5.41, 5.74) is 12.0. The Kier molecular flexibility index (Phi) is 7.19. The molecule has 2 nitrogen and oxygen atoms in total. The topological polar surface area (TPSA) is 6.48 Å². The average Bonchev–Trinajstić information content (AvgIpc) is 3.44. The summed E-state index contributed by atoms with van der Waals surface area (Å²) in [5, 5.41) is 7.42. The molecule has 252 valence electrons. The van der Waals surface area contributed by atoms with Crippen LogP contribution in [0.3, 0.4) is 0 Å². The Morgan fingerprint density at radius 3 is 1.45 bits per heavy atom. The van der Waals surface area contributed by atoms with Gasteiger partial charge in [0, 0.05) is 38.6 Å². The van der Waals surface area contributed by atoms with Crippen molar-refractivity contribution in [3.05, 3.63) is 205 Å². The van der Waals surface area contributed by atoms with Crippen LogP contribution in [0.25, 0.3) is 43.4 Å². The number of para-hydroxylation sites is 2. The van der Waals surface area contributed by atoms with Crippen LogP contribution in [0.2, 0.25) is 0 Å². The Bertz CT molecular complexity index is 2810. The van der Waals surface area contributed by atoms with Gasteiger partial charge in [0.05, 0.1) is 17.1 Å². The van der Waals surface area contributed by atoms with Crippen molar-refractivity contribution < 1.29 is 0 Å². The summed E-state index contributed by atoms with van der Waals surface area (Å²) in [5.74, 6) is 0. The van der Waals surface area contributed by atoms with E-state index in [1.165, 1.54) is 71.6 Å². The molecule has 0 radical (unpaired) electrons. The van der Waals surface area contributed by atoms with Crippen molar-refractivity contribution in [2.75, 3.05) is 9.80 Å². The largest absolute Gasteiger partial charge is 0.310 e. The molecule has 9 aromatic rings. The lowest BCUT2D eigenvalue weighted by molar-refractivity contribution is 0.661. The van der Waals surface area contributed by atoms with Crippen molar-refractivity contribution in [1.82, 2.24) is 0 Å². The third-order valence-corrected chi connectivity index (χ3v) is 11.2. The van der Waals surface area contributed by atoms with Crippen LogP contribution in [-0.2, 0) is 5.41 Å². The fraction of sp³-hybridized carbons (Fsp3) is 0.0588. The SMILES string of the molecule is CC1(C)c2cc(N(c3ccccc3)c3cccc4ccccc34)ccc2-c2c1cc(N(c1ccccc1)c1cccc3ccccc13)c1ccccc21. The van der Waals surface area contributed by atoms with Gasteiger partial charge in [-0.3, -0.25) is 0 Å². The van der Waals surface area contributed by atoms with Crippen LogP contribution in [0.1, 0.15) is 25.0 Å². The quantitative estimate of drug-likeness (QED) is 0.173. The normalized spacial score (nSPS) is 12.9. The zero-order chi connectivity index (χ0) is 35.5. The number of hydrogen-bond donors (Lipinski definition) is 0. The first-order valence-electron chi connectivity index (χ1n) is 18.4. The van der Waals surface area contributed by atoms with Crippen molar-refractivity contribution in [1.29, 1.82) is 0 Å². The van der Waals surface area contributed by atoms with Gasteiger partial charge in [0.25, 0.3) is 0 Å². The first-order valence-corrected chi connectivity index (χ1v) is 18.4. The molecular weight excluding hydrogens is 641 g/mol. The lowest BCUT2D eigenvalue weighted by Crippen LogP contribution is -2.18. The number of hydrogen-bond acceptors (Lipinski definition) is 2. The van der Waals surface area contributed by atoms with Crippen molar-refractivity contribution in [3.8, 4) is 11.1 Å². The molecule has 0 heterocycles. The van der Waals surface area contributed by atoms with Gasteiger partial charge in [-0.1, -0.05) is 153 Å². The highest BCUT2D eigenvalue weighted by molar-refractivity contribution is 6.12. The molecule has 1 aliphatic carbocycles. The molecule has 0 bridgehead atoms. The molecule has 0 atom stereocenters. The van der Waals surface area contributed by atoms with Crippen LogP contribution in [0.15, 0.2) is 194 Å². The number of anilines is 6. The van der Waals surface area contributed by atoms with Gasteiger partial charge in [0.1, 0.15) is 0 Å². The summed E-state index contributed by atoms with van der Waals surface area (Å²) in [7, 11) is 0. The van der Waals surface area contributed by atoms with Crippen molar-refractivity contribution in [3.63, 3.8) is 0 Å². The van der Waals surface area contributed by atoms with Crippen LogP contribution >= 0.6 is 0 Å². The van der Waals surface area contributed by atoms with E-state index in [2.05, 4.69) is 218 Å². The molecule has 0 aromatic heterocycles. The molecule has 0 amide bonds. The Morgan fingerprint density at radius 1 is 0.340 bits per heavy atom. The second-order valence-corrected chi connectivity index (χ2v) is 14.6. The monoisotopic (exact) mass is 678 g/mol. The first kappa shape index (κ1) is 31.1. The number of fused-ring (bicyclic) bond motifs is 7. The summed E-state index contributed by atoms with van der Waals surface area (Å²) in [6.45, 7) is 4.80. The van der Waals surface area contributed by atoms with Crippen molar-refractivity contribution >= 4 is 66.4 Å². The van der Waals surface area contributed by atoms with Crippen LogP contribution in [-0.4, -0.2) is 0 Å². The fourth-order valence-corrected chi connectivity index (χ4v) is 8.67. The number of nitrogens with zero attached hydrogens (tertiary/aromatic N) is 2. The minimum Gasteiger partial charge on any atom is -0.310 e. The summed E-state index contributed by atoms with van der Waals surface area (Å²) in [4.78, 5) is 4.88. The molecule has 0 unspecified atom stereocenters. The average molecular weight is 679 g/mol. The maximum absolute atomic E-state index is 2.48. The Morgan fingerprint density at radius 2 is 0.830 bits per heavy atom. The molecular formula is C51H38N2. The van der Waals surface area contributed by atoms with E-state index in [0.717, 1.165) is 17.1 Å². The van der Waals surface area contributed by atoms with E-state index in [0.29, 0.717) is 0 Å². The van der Waals surface area contributed by atoms with E-state index < -0.39 is 0 Å². The zero-order valence-corrected chi connectivity index (χ0v) is 29.9. The number of benzene rings is 9. The van der Waals surface area contributed by atoms with Gasteiger partial charge in [-0.2, -0.15) is 0 Å². The molecule has 0 aliphatic heterocycles. The van der Waals surface area contributed by atoms with Gasteiger partial charge >= 0.3 is 0 Å². The predicted molar refractivity (Wildman–Crippen MR) is 226 cm³/mol. The van der Waals surface area contributed by atoms with Gasteiger partial charge in [0.2, 0.25) is 0 Å². The molecule has 10 rings (SSSR count). The third kappa shape index (κ3) is 4.94.